The molecule has 0 aliphatic carbocycles. The van der Waals surface area contributed by atoms with Gasteiger partial charge in [-0.2, -0.15) is 0 Å². The molecule has 0 bridgehead atoms. The van der Waals surface area contributed by atoms with E-state index in [4.69, 9.17) is 18.9 Å². The molecule has 0 amide bonds. The quantitative estimate of drug-likeness (QED) is 0.0195. The van der Waals surface area contributed by atoms with E-state index in [-0.39, 0.29) is 38.6 Å². The molecule has 0 aliphatic heterocycles. The van der Waals surface area contributed by atoms with Gasteiger partial charge < -0.3 is 33.3 Å². The summed E-state index contributed by atoms with van der Waals surface area (Å²) in [6, 6.07) is 0. The minimum absolute atomic E-state index is 0.127. The third-order valence-electron chi connectivity index (χ3n) is 11.8. The first-order valence-corrected chi connectivity index (χ1v) is 29.6. The summed E-state index contributed by atoms with van der Waals surface area (Å²) in [6.07, 6.45) is 81.5. The standard InChI is InChI=1S/C68H107NO8/c1-6-8-10-12-14-16-18-20-22-24-26-28-30-31-32-33-34-35-37-38-40-42-44-46-48-50-52-54-56-58-65(70)75-62-64(63-76-68(67(72)73)74-61-60-69(3,4)5)77-66(71)59-57-55-53-51-49-47-45-43-41-39-36-29-27-25-23-21-19-17-15-13-11-9-7-2/h8-11,14-17,20-23,26-29,31-32,34-35,39,41,45,47,51,53,64,68H,6-7,12-13,18-19,24-25,30,33,36-38,40,42-44,46,48-50,52,54-63H2,1-5H3/b10-8-,11-9-,16-14-,17-15-,22-20-,23-21-,28-26-,29-27-,32-31-,35-34-,41-39-,47-45-,53-51-. The van der Waals surface area contributed by atoms with Crippen molar-refractivity contribution >= 4 is 17.9 Å². The van der Waals surface area contributed by atoms with Crippen molar-refractivity contribution in [2.45, 2.75) is 206 Å². The average Bonchev–Trinajstić information content (AvgIpc) is 3.40. The highest BCUT2D eigenvalue weighted by molar-refractivity contribution is 5.70. The molecular weight excluding hydrogens is 959 g/mol. The van der Waals surface area contributed by atoms with E-state index in [1.54, 1.807) is 0 Å². The number of nitrogens with zero attached hydrogens (tertiary/aromatic N) is 1. The van der Waals surface area contributed by atoms with Gasteiger partial charge >= 0.3 is 11.9 Å². The Bertz CT molecular complexity index is 1810. The van der Waals surface area contributed by atoms with Gasteiger partial charge in [-0.15, -0.1) is 0 Å². The summed E-state index contributed by atoms with van der Waals surface area (Å²) in [6.45, 7) is 4.42. The van der Waals surface area contributed by atoms with E-state index in [0.717, 1.165) is 116 Å². The van der Waals surface area contributed by atoms with Gasteiger partial charge in [-0.3, -0.25) is 9.59 Å². The van der Waals surface area contributed by atoms with Crippen LogP contribution in [-0.4, -0.2) is 82.3 Å². The predicted molar refractivity (Wildman–Crippen MR) is 324 cm³/mol. The maximum atomic E-state index is 12.8. The smallest absolute Gasteiger partial charge is 0.306 e. The molecule has 0 spiro atoms. The number of ether oxygens (including phenoxy) is 4. The Morgan fingerprint density at radius 3 is 1.08 bits per heavy atom. The first-order valence-electron chi connectivity index (χ1n) is 29.6. The molecular formula is C68H107NO8. The Hall–Kier alpha value is -5.09. The molecule has 2 atom stereocenters. The van der Waals surface area contributed by atoms with Crippen molar-refractivity contribution in [3.05, 3.63) is 158 Å². The first-order chi connectivity index (χ1) is 37.6. The molecule has 9 nitrogen and oxygen atoms in total. The SMILES string of the molecule is CC/C=C\C/C=C\C/C=C\C/C=C\C/C=C\C/C=C\C/C=C\CCCC(=O)OC(COC(=O)CCCCCCCCCCCC/C=C\C/C=C\C/C=C\C/C=C\C/C=C\C/C=C\CC)COC(OCC[N+](C)(C)C)C(=O)[O-]. The Kier molecular flexibility index (Phi) is 53.3. The van der Waals surface area contributed by atoms with Gasteiger partial charge in [0, 0.05) is 12.8 Å². The molecule has 432 valence electrons. The Morgan fingerprint density at radius 2 is 0.714 bits per heavy atom. The third-order valence-corrected chi connectivity index (χ3v) is 11.8. The monoisotopic (exact) mass is 1070 g/mol. The number of quaternary nitrogens is 1. The molecule has 0 N–H and O–H groups in total. The number of carbonyl (C=O) groups is 3. The van der Waals surface area contributed by atoms with Gasteiger partial charge in [0.15, 0.2) is 12.4 Å². The highest BCUT2D eigenvalue weighted by atomic mass is 16.7. The highest BCUT2D eigenvalue weighted by Crippen LogP contribution is 2.14. The molecule has 0 fully saturated rings. The van der Waals surface area contributed by atoms with Crippen LogP contribution < -0.4 is 5.11 Å². The van der Waals surface area contributed by atoms with Gasteiger partial charge in [0.05, 0.1) is 40.3 Å². The Labute approximate surface area is 470 Å². The summed E-state index contributed by atoms with van der Waals surface area (Å²) in [4.78, 5) is 37.3. The maximum absolute atomic E-state index is 12.8. The second-order valence-corrected chi connectivity index (χ2v) is 20.2. The fourth-order valence-corrected chi connectivity index (χ4v) is 7.29. The first kappa shape index (κ1) is 71.9. The van der Waals surface area contributed by atoms with Crippen LogP contribution in [0.1, 0.15) is 194 Å². The lowest BCUT2D eigenvalue weighted by Crippen LogP contribution is -2.44. The second kappa shape index (κ2) is 57.1. The lowest BCUT2D eigenvalue weighted by Gasteiger charge is -2.26. The average molecular weight is 1070 g/mol. The van der Waals surface area contributed by atoms with E-state index in [1.165, 1.54) is 38.5 Å². The van der Waals surface area contributed by atoms with E-state index in [9.17, 15) is 19.5 Å². The van der Waals surface area contributed by atoms with Crippen LogP contribution in [0.25, 0.3) is 0 Å². The molecule has 0 radical (unpaired) electrons. The topological polar surface area (TPSA) is 111 Å². The summed E-state index contributed by atoms with van der Waals surface area (Å²) in [5.74, 6) is -2.39. The largest absolute Gasteiger partial charge is 0.545 e. The Balaban J connectivity index is 4.37. The van der Waals surface area contributed by atoms with E-state index in [1.807, 2.05) is 27.2 Å². The zero-order chi connectivity index (χ0) is 56.2. The van der Waals surface area contributed by atoms with Gasteiger partial charge in [-0.05, 0) is 116 Å². The van der Waals surface area contributed by atoms with Crippen molar-refractivity contribution in [1.82, 2.24) is 0 Å². The number of carboxylic acids is 1. The highest BCUT2D eigenvalue weighted by Gasteiger charge is 2.21. The fraction of sp³-hybridized carbons (Fsp3) is 0.574. The minimum Gasteiger partial charge on any atom is -0.545 e. The molecule has 0 aromatic rings. The van der Waals surface area contributed by atoms with Crippen LogP contribution in [0.4, 0.5) is 0 Å². The van der Waals surface area contributed by atoms with Crippen LogP contribution >= 0.6 is 0 Å². The predicted octanol–water partition coefficient (Wildman–Crippen LogP) is 16.4. The lowest BCUT2D eigenvalue weighted by molar-refractivity contribution is -0.870. The number of hydrogen-bond donors (Lipinski definition) is 0. The van der Waals surface area contributed by atoms with Gasteiger partial charge in [0.1, 0.15) is 13.2 Å². The summed E-state index contributed by atoms with van der Waals surface area (Å²) in [7, 11) is 5.89. The van der Waals surface area contributed by atoms with Crippen LogP contribution in [0.3, 0.4) is 0 Å². The molecule has 0 rings (SSSR count). The summed E-state index contributed by atoms with van der Waals surface area (Å²) >= 11 is 0. The van der Waals surface area contributed by atoms with Gasteiger partial charge in [-0.1, -0.05) is 223 Å². The van der Waals surface area contributed by atoms with Crippen LogP contribution in [0.15, 0.2) is 158 Å². The van der Waals surface area contributed by atoms with E-state index < -0.39 is 24.3 Å². The van der Waals surface area contributed by atoms with E-state index in [0.29, 0.717) is 23.9 Å². The molecule has 77 heavy (non-hydrogen) atoms. The molecule has 0 aromatic heterocycles. The molecule has 0 saturated heterocycles. The van der Waals surface area contributed by atoms with Gasteiger partial charge in [0.25, 0.3) is 0 Å². The molecule has 0 aromatic carbocycles. The normalized spacial score (nSPS) is 13.9. The molecule has 2 unspecified atom stereocenters. The summed E-state index contributed by atoms with van der Waals surface area (Å²) in [5.41, 5.74) is 0. The lowest BCUT2D eigenvalue weighted by atomic mass is 10.1. The van der Waals surface area contributed by atoms with Crippen LogP contribution in [0.5, 0.6) is 0 Å². The number of esters is 2. The zero-order valence-electron chi connectivity index (χ0n) is 49.0. The second-order valence-electron chi connectivity index (χ2n) is 20.2. The van der Waals surface area contributed by atoms with Gasteiger partial charge in [0.2, 0.25) is 0 Å². The van der Waals surface area contributed by atoms with Crippen LogP contribution in [0.2, 0.25) is 0 Å². The third kappa shape index (κ3) is 58.4. The molecule has 0 heterocycles. The molecule has 0 aliphatic rings. The fourth-order valence-electron chi connectivity index (χ4n) is 7.29. The van der Waals surface area contributed by atoms with Crippen LogP contribution in [-0.2, 0) is 33.3 Å². The van der Waals surface area contributed by atoms with Gasteiger partial charge in [-0.25, -0.2) is 0 Å². The summed E-state index contributed by atoms with van der Waals surface area (Å²) < 4.78 is 22.6. The van der Waals surface area contributed by atoms with Crippen molar-refractivity contribution in [2.24, 2.45) is 0 Å². The van der Waals surface area contributed by atoms with Crippen molar-refractivity contribution in [3.63, 3.8) is 0 Å². The number of unbranched alkanes of at least 4 members (excludes halogenated alkanes) is 11. The molecule has 9 heteroatoms. The maximum Gasteiger partial charge on any atom is 0.306 e. The van der Waals surface area contributed by atoms with Crippen LogP contribution in [0, 0.1) is 0 Å². The number of carboxylic acid groups (broad SMARTS) is 1. The van der Waals surface area contributed by atoms with Crippen molar-refractivity contribution < 1.29 is 42.9 Å². The zero-order valence-corrected chi connectivity index (χ0v) is 49.0. The number of allylic oxidation sites excluding steroid dienone is 26. The number of likely N-dealkylation sites (N-methyl/N-ethyl adjacent to an activating group) is 1. The van der Waals surface area contributed by atoms with E-state index >= 15 is 0 Å². The van der Waals surface area contributed by atoms with Crippen molar-refractivity contribution in [3.8, 4) is 0 Å². The number of carbonyl (C=O) groups excluding carboxylic acids is 3. The van der Waals surface area contributed by atoms with Crippen molar-refractivity contribution in [2.75, 3.05) is 47.5 Å². The Morgan fingerprint density at radius 1 is 0.390 bits per heavy atom. The number of aliphatic carboxylic acids is 1. The number of rotatable bonds is 52. The summed E-state index contributed by atoms with van der Waals surface area (Å²) in [5, 5.41) is 11.8. The molecule has 0 saturated carbocycles. The van der Waals surface area contributed by atoms with E-state index in [2.05, 4.69) is 166 Å². The minimum atomic E-state index is -1.65. The van der Waals surface area contributed by atoms with Crippen molar-refractivity contribution in [1.29, 1.82) is 0 Å². The number of hydrogen-bond acceptors (Lipinski definition) is 8.